The van der Waals surface area contributed by atoms with Gasteiger partial charge in [0, 0.05) is 48.9 Å². The molecule has 1 aliphatic rings. The van der Waals surface area contributed by atoms with Crippen molar-refractivity contribution in [2.45, 2.75) is 39.7 Å². The zero-order valence-corrected chi connectivity index (χ0v) is 21.4. The number of hydrogen-bond acceptors (Lipinski definition) is 6. The minimum absolute atomic E-state index is 0.413. The molecule has 1 aliphatic heterocycles. The number of morpholine rings is 1. The van der Waals surface area contributed by atoms with E-state index in [0.717, 1.165) is 86.6 Å². The van der Waals surface area contributed by atoms with Gasteiger partial charge in [-0.2, -0.15) is 0 Å². The number of carbonyl (C=O) groups is 1. The summed E-state index contributed by atoms with van der Waals surface area (Å²) < 4.78 is 18.9. The molecule has 0 atom stereocenters. The van der Waals surface area contributed by atoms with Gasteiger partial charge in [-0.3, -0.25) is 10.2 Å². The summed E-state index contributed by atoms with van der Waals surface area (Å²) in [6, 6.07) is 13.8. The normalized spacial score (nSPS) is 14.2. The summed E-state index contributed by atoms with van der Waals surface area (Å²) in [5.41, 5.74) is 10.9. The molecule has 1 saturated heterocycles. The molecule has 1 amide bonds. The molecule has 0 radical (unpaired) electrons. The average Bonchev–Trinajstić information content (AvgIpc) is 3.18. The van der Waals surface area contributed by atoms with Crippen LogP contribution in [0.3, 0.4) is 0 Å². The van der Waals surface area contributed by atoms with Crippen LogP contribution < -0.4 is 15.8 Å². The Labute approximate surface area is 213 Å². The quantitative estimate of drug-likeness (QED) is 0.349. The first-order valence-electron chi connectivity index (χ1n) is 13.0. The predicted octanol–water partition coefficient (Wildman–Crippen LogP) is 5.36. The topological polar surface area (TPSA) is 91.0 Å². The van der Waals surface area contributed by atoms with Crippen LogP contribution in [-0.4, -0.2) is 61.6 Å². The molecule has 8 nitrogen and oxygen atoms in total. The number of nitrogens with two attached hydrogens (primary N) is 1. The van der Waals surface area contributed by atoms with E-state index >= 15 is 0 Å². The Hall–Kier alpha value is -3.23. The van der Waals surface area contributed by atoms with E-state index in [9.17, 15) is 4.79 Å². The van der Waals surface area contributed by atoms with Crippen molar-refractivity contribution < 1.29 is 19.0 Å². The lowest BCUT2D eigenvalue weighted by molar-refractivity contribution is 0.0358. The number of carbonyl (C=O) groups excluding carboxylic acids is 1. The number of nitrogens with zero attached hydrogens (tertiary/aromatic N) is 2. The monoisotopic (exact) mass is 494 g/mol. The Morgan fingerprint density at radius 2 is 1.92 bits per heavy atom. The lowest BCUT2D eigenvalue weighted by atomic mass is 10.1. The molecular weight excluding hydrogens is 456 g/mol. The standard InChI is InChI=1S/C28H38N4O4/c1-3-5-15-36-28(33)30-22-9-6-8-21(19-22)27-26(29)24-11-10-23(20-25(24)32(27)4-2)35-16-7-12-31-13-17-34-18-14-31/h6,8-11,19-20H,3-5,7,12-18,29H2,1-2H3,(H,30,33). The van der Waals surface area contributed by atoms with Gasteiger partial charge in [0.25, 0.3) is 0 Å². The van der Waals surface area contributed by atoms with Gasteiger partial charge in [-0.1, -0.05) is 25.5 Å². The van der Waals surface area contributed by atoms with Crippen LogP contribution in [0.15, 0.2) is 42.5 Å². The molecule has 8 heteroatoms. The number of benzene rings is 2. The van der Waals surface area contributed by atoms with E-state index in [1.807, 2.05) is 36.4 Å². The number of fused-ring (bicyclic) bond motifs is 1. The van der Waals surface area contributed by atoms with Gasteiger partial charge in [0.1, 0.15) is 5.75 Å². The van der Waals surface area contributed by atoms with Gasteiger partial charge in [-0.25, -0.2) is 4.79 Å². The Kier molecular flexibility index (Phi) is 9.08. The van der Waals surface area contributed by atoms with Crippen molar-refractivity contribution in [1.29, 1.82) is 0 Å². The zero-order valence-electron chi connectivity index (χ0n) is 21.4. The highest BCUT2D eigenvalue weighted by Gasteiger charge is 2.17. The van der Waals surface area contributed by atoms with E-state index in [-0.39, 0.29) is 0 Å². The van der Waals surface area contributed by atoms with Crippen LogP contribution in [0, 0.1) is 0 Å². The van der Waals surface area contributed by atoms with Gasteiger partial charge in [-0.15, -0.1) is 0 Å². The van der Waals surface area contributed by atoms with Crippen LogP contribution in [0.5, 0.6) is 5.75 Å². The minimum Gasteiger partial charge on any atom is -0.493 e. The number of unbranched alkanes of at least 4 members (excludes halogenated alkanes) is 1. The van der Waals surface area contributed by atoms with Crippen molar-refractivity contribution in [3.63, 3.8) is 0 Å². The van der Waals surface area contributed by atoms with Gasteiger partial charge >= 0.3 is 6.09 Å². The third-order valence-electron chi connectivity index (χ3n) is 6.50. The molecule has 0 aliphatic carbocycles. The van der Waals surface area contributed by atoms with Crippen molar-refractivity contribution in [1.82, 2.24) is 9.47 Å². The van der Waals surface area contributed by atoms with Gasteiger partial charge in [-0.05, 0) is 44.0 Å². The molecule has 0 spiro atoms. The highest BCUT2D eigenvalue weighted by Crippen LogP contribution is 2.38. The molecule has 1 aromatic heterocycles. The number of aryl methyl sites for hydroxylation is 1. The molecule has 3 N–H and O–H groups in total. The molecule has 0 saturated carbocycles. The Balaban J connectivity index is 1.48. The second kappa shape index (κ2) is 12.6. The van der Waals surface area contributed by atoms with Crippen molar-refractivity contribution in [2.75, 3.05) is 57.1 Å². The molecule has 1 fully saturated rings. The fourth-order valence-electron chi connectivity index (χ4n) is 4.60. The van der Waals surface area contributed by atoms with Gasteiger partial charge in [0.05, 0.1) is 43.3 Å². The molecule has 3 aromatic rings. The molecule has 2 aromatic carbocycles. The smallest absolute Gasteiger partial charge is 0.411 e. The number of nitrogen functional groups attached to an aromatic ring is 1. The van der Waals surface area contributed by atoms with E-state index < -0.39 is 6.09 Å². The molecule has 36 heavy (non-hydrogen) atoms. The lowest BCUT2D eigenvalue weighted by Crippen LogP contribution is -2.37. The molecule has 194 valence electrons. The second-order valence-corrected chi connectivity index (χ2v) is 9.04. The van der Waals surface area contributed by atoms with E-state index in [1.54, 1.807) is 0 Å². The Morgan fingerprint density at radius 3 is 2.69 bits per heavy atom. The van der Waals surface area contributed by atoms with Crippen molar-refractivity contribution in [2.24, 2.45) is 0 Å². The molecular formula is C28H38N4O4. The molecule has 4 rings (SSSR count). The first kappa shape index (κ1) is 25.9. The summed E-state index contributed by atoms with van der Waals surface area (Å²) in [7, 11) is 0. The third kappa shape index (κ3) is 6.30. The van der Waals surface area contributed by atoms with Crippen molar-refractivity contribution >= 4 is 28.4 Å². The van der Waals surface area contributed by atoms with Crippen LogP contribution >= 0.6 is 0 Å². The lowest BCUT2D eigenvalue weighted by Gasteiger charge is -2.26. The number of aromatic nitrogens is 1. The van der Waals surface area contributed by atoms with E-state index in [2.05, 4.69) is 34.7 Å². The predicted molar refractivity (Wildman–Crippen MR) is 145 cm³/mol. The molecule has 0 bridgehead atoms. The number of ether oxygens (including phenoxy) is 3. The summed E-state index contributed by atoms with van der Waals surface area (Å²) >= 11 is 0. The minimum atomic E-state index is -0.444. The maximum absolute atomic E-state index is 12.1. The van der Waals surface area contributed by atoms with Crippen LogP contribution in [0.2, 0.25) is 0 Å². The number of nitrogens with one attached hydrogen (secondary N) is 1. The summed E-state index contributed by atoms with van der Waals surface area (Å²) in [4.78, 5) is 14.5. The summed E-state index contributed by atoms with van der Waals surface area (Å²) in [5.74, 6) is 0.841. The largest absolute Gasteiger partial charge is 0.493 e. The maximum atomic E-state index is 12.1. The van der Waals surface area contributed by atoms with Gasteiger partial charge in [0.15, 0.2) is 0 Å². The number of amides is 1. The van der Waals surface area contributed by atoms with E-state index in [0.29, 0.717) is 24.6 Å². The summed E-state index contributed by atoms with van der Waals surface area (Å²) in [6.45, 7) is 10.6. The van der Waals surface area contributed by atoms with Crippen LogP contribution in [0.4, 0.5) is 16.2 Å². The van der Waals surface area contributed by atoms with Crippen molar-refractivity contribution in [3.8, 4) is 17.0 Å². The molecule has 0 unspecified atom stereocenters. The van der Waals surface area contributed by atoms with Crippen LogP contribution in [0.25, 0.3) is 22.2 Å². The SMILES string of the molecule is CCCCOC(=O)Nc1cccc(-c2c(N)c3ccc(OCCCN4CCOCC4)cc3n2CC)c1. The Bertz CT molecular complexity index is 1150. The second-order valence-electron chi connectivity index (χ2n) is 9.04. The van der Waals surface area contributed by atoms with Gasteiger partial charge < -0.3 is 24.5 Å². The fraction of sp³-hybridized carbons (Fsp3) is 0.464. The van der Waals surface area contributed by atoms with Crippen LogP contribution in [0.1, 0.15) is 33.1 Å². The zero-order chi connectivity index (χ0) is 25.3. The summed E-state index contributed by atoms with van der Waals surface area (Å²) in [6.07, 6.45) is 2.35. The first-order valence-corrected chi connectivity index (χ1v) is 13.0. The highest BCUT2D eigenvalue weighted by molar-refractivity contribution is 6.02. The van der Waals surface area contributed by atoms with Crippen molar-refractivity contribution in [3.05, 3.63) is 42.5 Å². The first-order chi connectivity index (χ1) is 17.6. The van der Waals surface area contributed by atoms with E-state index in [1.165, 1.54) is 0 Å². The Morgan fingerprint density at radius 1 is 1.08 bits per heavy atom. The third-order valence-corrected chi connectivity index (χ3v) is 6.50. The molecule has 2 heterocycles. The van der Waals surface area contributed by atoms with Crippen LogP contribution in [-0.2, 0) is 16.0 Å². The van der Waals surface area contributed by atoms with E-state index in [4.69, 9.17) is 19.9 Å². The van der Waals surface area contributed by atoms with Gasteiger partial charge in [0.2, 0.25) is 0 Å². The fourth-order valence-corrected chi connectivity index (χ4v) is 4.60. The number of rotatable bonds is 11. The number of hydrogen-bond donors (Lipinski definition) is 2. The highest BCUT2D eigenvalue weighted by atomic mass is 16.5. The number of anilines is 2. The average molecular weight is 495 g/mol. The maximum Gasteiger partial charge on any atom is 0.411 e. The summed E-state index contributed by atoms with van der Waals surface area (Å²) in [5, 5.41) is 3.81.